The Morgan fingerprint density at radius 2 is 1.62 bits per heavy atom. The van der Waals surface area contributed by atoms with Crippen LogP contribution in [0.4, 0.5) is 0 Å². The highest BCUT2D eigenvalue weighted by Gasteiger charge is 2.20. The molecule has 2 aromatic carbocycles. The van der Waals surface area contributed by atoms with Crippen LogP contribution in [0.5, 0.6) is 23.0 Å². The van der Waals surface area contributed by atoms with Crippen LogP contribution in [0.25, 0.3) is 0 Å². The lowest BCUT2D eigenvalue weighted by Gasteiger charge is -2.20. The smallest absolute Gasteiger partial charge is 0.257 e. The number of nitrogens with zero attached hydrogens (tertiary/aromatic N) is 1. The van der Waals surface area contributed by atoms with Crippen molar-refractivity contribution in [2.24, 2.45) is 0 Å². The fourth-order valence-electron chi connectivity index (χ4n) is 2.51. The van der Waals surface area contributed by atoms with Crippen LogP contribution >= 0.6 is 0 Å². The second-order valence-corrected chi connectivity index (χ2v) is 5.80. The molecule has 0 saturated heterocycles. The third-order valence-corrected chi connectivity index (χ3v) is 3.97. The number of ether oxygens (including phenoxy) is 4. The molecular formula is C20H25NO5. The first-order valence-electron chi connectivity index (χ1n) is 8.25. The van der Waals surface area contributed by atoms with E-state index in [4.69, 9.17) is 18.9 Å². The van der Waals surface area contributed by atoms with Crippen molar-refractivity contribution in [1.29, 1.82) is 0 Å². The predicted octanol–water partition coefficient (Wildman–Crippen LogP) is 3.17. The molecular weight excluding hydrogens is 334 g/mol. The van der Waals surface area contributed by atoms with Gasteiger partial charge in [-0.25, -0.2) is 0 Å². The van der Waals surface area contributed by atoms with Crippen molar-refractivity contribution in [2.75, 3.05) is 41.5 Å². The lowest BCUT2D eigenvalue weighted by Crippen LogP contribution is -2.31. The number of benzene rings is 2. The van der Waals surface area contributed by atoms with Gasteiger partial charge in [-0.05, 0) is 24.6 Å². The standard InChI is InChI=1S/C20H25NO5/c1-14-7-6-8-15(11-14)26-10-9-21(2)20(22)16-12-18(24-4)19(25-5)13-17(16)23-3/h6-8,11-13H,9-10H2,1-5H3. The van der Waals surface area contributed by atoms with E-state index in [2.05, 4.69) is 0 Å². The van der Waals surface area contributed by atoms with Crippen LogP contribution in [0.3, 0.4) is 0 Å². The molecule has 0 radical (unpaired) electrons. The fourth-order valence-corrected chi connectivity index (χ4v) is 2.51. The van der Waals surface area contributed by atoms with Crippen molar-refractivity contribution in [3.8, 4) is 23.0 Å². The number of likely N-dealkylation sites (N-methyl/N-ethyl adjacent to an activating group) is 1. The highest BCUT2D eigenvalue weighted by atomic mass is 16.5. The van der Waals surface area contributed by atoms with E-state index in [1.807, 2.05) is 31.2 Å². The zero-order valence-corrected chi connectivity index (χ0v) is 15.9. The lowest BCUT2D eigenvalue weighted by atomic mass is 10.1. The lowest BCUT2D eigenvalue weighted by molar-refractivity contribution is 0.0770. The van der Waals surface area contributed by atoms with Gasteiger partial charge in [-0.3, -0.25) is 4.79 Å². The average molecular weight is 359 g/mol. The normalized spacial score (nSPS) is 10.2. The molecule has 2 aromatic rings. The predicted molar refractivity (Wildman–Crippen MR) is 99.7 cm³/mol. The van der Waals surface area contributed by atoms with Gasteiger partial charge in [0.05, 0.1) is 33.4 Å². The minimum absolute atomic E-state index is 0.185. The van der Waals surface area contributed by atoms with E-state index >= 15 is 0 Å². The molecule has 0 N–H and O–H groups in total. The third kappa shape index (κ3) is 4.59. The summed E-state index contributed by atoms with van der Waals surface area (Å²) in [6.07, 6.45) is 0. The fraction of sp³-hybridized carbons (Fsp3) is 0.350. The number of carbonyl (C=O) groups excluding carboxylic acids is 1. The summed E-state index contributed by atoms with van der Waals surface area (Å²) in [4.78, 5) is 14.4. The monoisotopic (exact) mass is 359 g/mol. The molecule has 6 nitrogen and oxygen atoms in total. The third-order valence-electron chi connectivity index (χ3n) is 3.97. The summed E-state index contributed by atoms with van der Waals surface area (Å²) in [5.74, 6) is 2.01. The number of hydrogen-bond donors (Lipinski definition) is 0. The summed E-state index contributed by atoms with van der Waals surface area (Å²) in [5, 5.41) is 0. The van der Waals surface area contributed by atoms with Crippen molar-refractivity contribution in [2.45, 2.75) is 6.92 Å². The second kappa shape index (κ2) is 8.99. The van der Waals surface area contributed by atoms with Gasteiger partial charge in [0.1, 0.15) is 18.1 Å². The Hall–Kier alpha value is -2.89. The van der Waals surface area contributed by atoms with Gasteiger partial charge >= 0.3 is 0 Å². The van der Waals surface area contributed by atoms with Gasteiger partial charge in [0.2, 0.25) is 0 Å². The van der Waals surface area contributed by atoms with Crippen molar-refractivity contribution in [1.82, 2.24) is 4.90 Å². The molecule has 0 fully saturated rings. The largest absolute Gasteiger partial charge is 0.496 e. The van der Waals surface area contributed by atoms with Gasteiger partial charge in [-0.1, -0.05) is 12.1 Å². The SMILES string of the molecule is COc1cc(OC)c(C(=O)N(C)CCOc2cccc(C)c2)cc1OC. The average Bonchev–Trinajstić information content (AvgIpc) is 2.66. The molecule has 0 unspecified atom stereocenters. The number of aryl methyl sites for hydroxylation is 1. The Morgan fingerprint density at radius 3 is 2.23 bits per heavy atom. The van der Waals surface area contributed by atoms with Crippen molar-refractivity contribution >= 4 is 5.91 Å². The molecule has 0 aliphatic rings. The quantitative estimate of drug-likeness (QED) is 0.725. The first-order chi connectivity index (χ1) is 12.5. The van der Waals surface area contributed by atoms with E-state index in [1.165, 1.54) is 21.3 Å². The van der Waals surface area contributed by atoms with Crippen LogP contribution in [0, 0.1) is 6.92 Å². The Morgan fingerprint density at radius 1 is 0.962 bits per heavy atom. The van der Waals surface area contributed by atoms with E-state index < -0.39 is 0 Å². The highest BCUT2D eigenvalue weighted by molar-refractivity contribution is 5.97. The van der Waals surface area contributed by atoms with E-state index in [1.54, 1.807) is 24.1 Å². The second-order valence-electron chi connectivity index (χ2n) is 5.80. The van der Waals surface area contributed by atoms with Crippen LogP contribution < -0.4 is 18.9 Å². The molecule has 2 rings (SSSR count). The molecule has 0 atom stereocenters. The number of amides is 1. The molecule has 0 bridgehead atoms. The molecule has 0 aliphatic carbocycles. The summed E-state index contributed by atoms with van der Waals surface area (Å²) in [5.41, 5.74) is 1.53. The summed E-state index contributed by atoms with van der Waals surface area (Å²) in [6.45, 7) is 2.83. The summed E-state index contributed by atoms with van der Waals surface area (Å²) >= 11 is 0. The van der Waals surface area contributed by atoms with E-state index in [9.17, 15) is 4.79 Å². The maximum Gasteiger partial charge on any atom is 0.257 e. The van der Waals surface area contributed by atoms with Crippen molar-refractivity contribution < 1.29 is 23.7 Å². The van der Waals surface area contributed by atoms with E-state index in [-0.39, 0.29) is 5.91 Å². The van der Waals surface area contributed by atoms with Gasteiger partial charge in [-0.2, -0.15) is 0 Å². The van der Waals surface area contributed by atoms with Gasteiger partial charge in [-0.15, -0.1) is 0 Å². The van der Waals surface area contributed by atoms with E-state index in [0.717, 1.165) is 11.3 Å². The number of hydrogen-bond acceptors (Lipinski definition) is 5. The molecule has 0 saturated carbocycles. The molecule has 0 spiro atoms. The maximum absolute atomic E-state index is 12.8. The minimum atomic E-state index is -0.185. The Labute approximate surface area is 154 Å². The Balaban J connectivity index is 2.07. The molecule has 0 aliphatic heterocycles. The number of methoxy groups -OCH3 is 3. The van der Waals surface area contributed by atoms with Crippen molar-refractivity contribution in [3.05, 3.63) is 47.5 Å². The van der Waals surface area contributed by atoms with Gasteiger partial charge in [0.15, 0.2) is 11.5 Å². The molecule has 1 amide bonds. The minimum Gasteiger partial charge on any atom is -0.496 e. The van der Waals surface area contributed by atoms with Crippen LogP contribution in [0.1, 0.15) is 15.9 Å². The summed E-state index contributed by atoms with van der Waals surface area (Å²) < 4.78 is 21.6. The zero-order chi connectivity index (χ0) is 19.1. The summed E-state index contributed by atoms with van der Waals surface area (Å²) in [7, 11) is 6.29. The topological polar surface area (TPSA) is 57.2 Å². The van der Waals surface area contributed by atoms with E-state index in [0.29, 0.717) is 36.0 Å². The number of carbonyl (C=O) groups is 1. The van der Waals surface area contributed by atoms with Crippen LogP contribution in [-0.4, -0.2) is 52.3 Å². The molecule has 6 heteroatoms. The first-order valence-corrected chi connectivity index (χ1v) is 8.25. The summed E-state index contributed by atoms with van der Waals surface area (Å²) in [6, 6.07) is 11.1. The molecule has 0 aromatic heterocycles. The highest BCUT2D eigenvalue weighted by Crippen LogP contribution is 2.35. The zero-order valence-electron chi connectivity index (χ0n) is 15.9. The maximum atomic E-state index is 12.8. The first kappa shape index (κ1) is 19.4. The molecule has 140 valence electrons. The van der Waals surface area contributed by atoms with Crippen LogP contribution in [-0.2, 0) is 0 Å². The Kier molecular flexibility index (Phi) is 6.72. The van der Waals surface area contributed by atoms with Crippen LogP contribution in [0.15, 0.2) is 36.4 Å². The van der Waals surface area contributed by atoms with Crippen LogP contribution in [0.2, 0.25) is 0 Å². The van der Waals surface area contributed by atoms with Gasteiger partial charge < -0.3 is 23.8 Å². The molecule has 26 heavy (non-hydrogen) atoms. The molecule has 0 heterocycles. The van der Waals surface area contributed by atoms with Gasteiger partial charge in [0.25, 0.3) is 5.91 Å². The Bertz CT molecular complexity index is 760. The van der Waals surface area contributed by atoms with Gasteiger partial charge in [0, 0.05) is 19.2 Å². The number of rotatable bonds is 8. The van der Waals surface area contributed by atoms with Crippen molar-refractivity contribution in [3.63, 3.8) is 0 Å².